The van der Waals surface area contributed by atoms with Crippen molar-refractivity contribution in [1.82, 2.24) is 0 Å². The first-order chi connectivity index (χ1) is 38.5. The van der Waals surface area contributed by atoms with Crippen LogP contribution in [0.4, 0.5) is 0 Å². The lowest BCUT2D eigenvalue weighted by Crippen LogP contribution is -2.63. The van der Waals surface area contributed by atoms with E-state index in [1.807, 2.05) is 6.92 Å². The Hall–Kier alpha value is -1.24. The predicted molar refractivity (Wildman–Crippen MR) is 349 cm³/mol. The van der Waals surface area contributed by atoms with E-state index in [1.165, 1.54) is 0 Å². The number of ether oxygens (including phenoxy) is 7. The number of aliphatic hydroxyl groups is 1. The zero-order valence-electron chi connectivity index (χ0n) is 57.4. The summed E-state index contributed by atoms with van der Waals surface area (Å²) in [6.07, 6.45) is 14.8. The van der Waals surface area contributed by atoms with Crippen LogP contribution in [-0.2, 0) is 55.7 Å². The monoisotopic (exact) mass is 1250 g/mol. The summed E-state index contributed by atoms with van der Waals surface area (Å²) in [7, 11) is -5.29. The number of rotatable bonds is 18. The predicted octanol–water partition coefficient (Wildman–Crippen LogP) is 15.0. The summed E-state index contributed by atoms with van der Waals surface area (Å²) < 4.78 is 75.6. The number of carbonyl (C=O) groups is 1. The highest BCUT2D eigenvalue weighted by molar-refractivity contribution is 6.74. The molecule has 482 valence electrons. The normalized spacial score (nSPS) is 38.8. The molecule has 2 bridgehead atoms. The van der Waals surface area contributed by atoms with Gasteiger partial charge in [-0.1, -0.05) is 112 Å². The molecule has 6 rings (SSSR count). The Kier molecular flexibility index (Phi) is 23.7. The molecule has 0 amide bonds. The van der Waals surface area contributed by atoms with Gasteiger partial charge in [0.15, 0.2) is 45.8 Å². The average molecular weight is 1250 g/mol. The van der Waals surface area contributed by atoms with Gasteiger partial charge in [-0.05, 0) is 169 Å². The van der Waals surface area contributed by atoms with Gasteiger partial charge in [-0.25, -0.2) is 0 Å². The molecule has 3 aliphatic carbocycles. The van der Waals surface area contributed by atoms with Crippen molar-refractivity contribution in [1.29, 1.82) is 0 Å². The van der Waals surface area contributed by atoms with Crippen molar-refractivity contribution in [3.8, 4) is 0 Å². The zero-order chi connectivity index (χ0) is 63.1. The van der Waals surface area contributed by atoms with Crippen molar-refractivity contribution in [3.63, 3.8) is 0 Å². The highest BCUT2D eigenvalue weighted by Crippen LogP contribution is 2.53. The SMILES string of the molecule is CO[C@H]1C[C@H](O[C@@H]2/C(C)=C/C[C@@H]3C[C@H](CC(=O)[C@@H]4C=C(C)[C@@H](O[Si](C)(C)C(C)(C)C)[C@H]5OC/C(=C\C=C\[C@@H]2C)[C@]54O[Si](C)(C)C)CC(O)(/C=[14CH]\[C@H](C)[C@H](O[Si](C)(C)C)C(C)C)C3)O[C@@H](C)[C@@H]1O[C@H]1C[C@H](OC)[C@@H](O[Si](C)(C)C(C)(C)C)[C@H](C)O1. The quantitative estimate of drug-likeness (QED) is 0.103. The lowest BCUT2D eigenvalue weighted by Gasteiger charge is -2.51. The molecule has 1 N–H and O–H groups in total. The molecule has 0 aromatic rings. The van der Waals surface area contributed by atoms with E-state index in [9.17, 15) is 5.11 Å². The van der Waals surface area contributed by atoms with Gasteiger partial charge in [0, 0.05) is 39.4 Å². The molecule has 3 aliphatic heterocycles. The van der Waals surface area contributed by atoms with Gasteiger partial charge in [0.2, 0.25) is 0 Å². The third-order valence-corrected chi connectivity index (χ3v) is 30.8. The Morgan fingerprint density at radius 3 is 1.86 bits per heavy atom. The summed E-state index contributed by atoms with van der Waals surface area (Å²) >= 11 is 0. The largest absolute Gasteiger partial charge is 0.414 e. The standard InChI is InChI=1S/C67H120O13Si4/c1-42(2)58(77-81(17,18)19)45(5)32-33-66(69)39-49-31-30-44(4)59(75-56-37-54(70-15)61(47(7)73-56)76-57-38-55(71-16)62(48(8)74-57)79-84(25,26)65(12,13)14)43(3)28-27-29-51-41-72-63-60(78-83(23,24)64(9,10)11)46(6)34-52(53(68)36-50(35-49)40-66)67(51,63)80-82(20,21)22/h27-30,32-34,42-43,45,47-50,52,54-63,69H,31,35-41H2,1-26H3/b28-27+,33-32-,44-30+,51-29+/t43-,45-,47-,48-,49+,50+,52-,54-,55-,56-,57-,58+,59-,60+,61-,62-,63+,66?,67+/m0/s1/i32+2. The lowest BCUT2D eigenvalue weighted by atomic mass is 9.65. The fraction of sp³-hybridized carbons (Fsp3) is 0.836. The Bertz CT molecular complexity index is 2360. The highest BCUT2D eigenvalue weighted by atomic mass is 28.4. The first-order valence-corrected chi connectivity index (χ1v) is 44.9. The van der Waals surface area contributed by atoms with Crippen LogP contribution in [0.25, 0.3) is 0 Å². The van der Waals surface area contributed by atoms with Crippen molar-refractivity contribution in [2.75, 3.05) is 20.8 Å². The minimum atomic E-state index is -2.43. The van der Waals surface area contributed by atoms with Gasteiger partial charge in [0.1, 0.15) is 23.6 Å². The summed E-state index contributed by atoms with van der Waals surface area (Å²) in [4.78, 5) is 15.7. The topological polar surface area (TPSA) is 139 Å². The molecule has 3 heterocycles. The van der Waals surface area contributed by atoms with Gasteiger partial charge in [-0.15, -0.1) is 0 Å². The molecule has 13 nitrogen and oxygen atoms in total. The Labute approximate surface area is 515 Å². The van der Waals surface area contributed by atoms with Gasteiger partial charge >= 0.3 is 0 Å². The van der Waals surface area contributed by atoms with Crippen LogP contribution in [0.15, 0.2) is 59.3 Å². The molecular formula is C67H120O13Si4. The molecule has 84 heavy (non-hydrogen) atoms. The van der Waals surface area contributed by atoms with E-state index in [4.69, 9.17) is 50.9 Å². The van der Waals surface area contributed by atoms with E-state index < -0.39 is 87.4 Å². The van der Waals surface area contributed by atoms with Gasteiger partial charge in [-0.2, -0.15) is 0 Å². The van der Waals surface area contributed by atoms with E-state index >= 15 is 4.79 Å². The number of carbonyl (C=O) groups excluding carboxylic acids is 1. The second-order valence-corrected chi connectivity index (χ2v) is 50.3. The molecule has 1 unspecified atom stereocenters. The number of hydrogen-bond donors (Lipinski definition) is 1. The molecular weight excluding hydrogens is 1130 g/mol. The molecule has 17 heteroatoms. The number of fused-ring (bicyclic) bond motifs is 2. The average Bonchev–Trinajstić information content (AvgIpc) is 1.50. The zero-order valence-corrected chi connectivity index (χ0v) is 61.4. The summed E-state index contributed by atoms with van der Waals surface area (Å²) in [6, 6.07) is 0. The molecule has 1 saturated carbocycles. The van der Waals surface area contributed by atoms with E-state index in [0.717, 1.165) is 23.1 Å². The van der Waals surface area contributed by atoms with Crippen LogP contribution in [-0.4, -0.2) is 150 Å². The van der Waals surface area contributed by atoms with Crippen LogP contribution in [0.1, 0.15) is 142 Å². The minimum absolute atomic E-state index is 0.0238. The van der Waals surface area contributed by atoms with Crippen LogP contribution in [0.3, 0.4) is 0 Å². The van der Waals surface area contributed by atoms with Gasteiger partial charge in [-0.3, -0.25) is 4.79 Å². The summed E-state index contributed by atoms with van der Waals surface area (Å²) in [5.41, 5.74) is 0.804. The third kappa shape index (κ3) is 17.4. The lowest BCUT2D eigenvalue weighted by molar-refractivity contribution is -0.317. The first-order valence-electron chi connectivity index (χ1n) is 32.2. The molecule has 19 atom stereocenters. The van der Waals surface area contributed by atoms with Crippen molar-refractivity contribution in [2.45, 2.75) is 302 Å². The van der Waals surface area contributed by atoms with Crippen LogP contribution in [0, 0.1) is 35.5 Å². The van der Waals surface area contributed by atoms with Gasteiger partial charge in [0.25, 0.3) is 0 Å². The van der Waals surface area contributed by atoms with Crippen LogP contribution in [0.5, 0.6) is 0 Å². The van der Waals surface area contributed by atoms with Crippen molar-refractivity contribution >= 4 is 39.1 Å². The number of hydrogen-bond acceptors (Lipinski definition) is 13. The van der Waals surface area contributed by atoms with Crippen LogP contribution < -0.4 is 0 Å². The smallest absolute Gasteiger partial charge is 0.193 e. The van der Waals surface area contributed by atoms with Gasteiger partial charge in [0.05, 0.1) is 67.0 Å². The summed E-state index contributed by atoms with van der Waals surface area (Å²) in [5, 5.41) is 13.0. The van der Waals surface area contributed by atoms with Crippen molar-refractivity contribution in [3.05, 3.63) is 59.3 Å². The van der Waals surface area contributed by atoms with Gasteiger partial charge < -0.3 is 56.0 Å². The maximum atomic E-state index is 15.7. The van der Waals surface area contributed by atoms with E-state index in [1.54, 1.807) is 14.2 Å². The number of ketones is 1. The second kappa shape index (κ2) is 27.7. The number of methoxy groups -OCH3 is 2. The Morgan fingerprint density at radius 2 is 1.30 bits per heavy atom. The van der Waals surface area contributed by atoms with Crippen molar-refractivity contribution in [2.24, 2.45) is 35.5 Å². The van der Waals surface area contributed by atoms with E-state index in [0.29, 0.717) is 51.0 Å². The molecule has 3 saturated heterocycles. The molecule has 0 aromatic carbocycles. The van der Waals surface area contributed by atoms with E-state index in [-0.39, 0.29) is 76.2 Å². The van der Waals surface area contributed by atoms with Crippen LogP contribution >= 0.6 is 0 Å². The Balaban J connectivity index is 1.38. The van der Waals surface area contributed by atoms with E-state index in [2.05, 4.69) is 198 Å². The van der Waals surface area contributed by atoms with Crippen LogP contribution in [0.2, 0.25) is 75.5 Å². The molecule has 0 radical (unpaired) electrons. The molecule has 6 aliphatic rings. The maximum absolute atomic E-state index is 15.7. The summed E-state index contributed by atoms with van der Waals surface area (Å²) in [6.45, 7) is 53.5. The fourth-order valence-corrected chi connectivity index (χ4v) is 19.0. The van der Waals surface area contributed by atoms with Crippen molar-refractivity contribution < 1.29 is 60.8 Å². The minimum Gasteiger partial charge on any atom is -0.414 e. The third-order valence-electron chi connectivity index (χ3n) is 19.9. The Morgan fingerprint density at radius 1 is 0.738 bits per heavy atom. The fourth-order valence-electron chi connectivity index (χ4n) is 13.6. The number of Topliss-reactive ketones (excluding diaryl/α,β-unsaturated/α-hetero) is 1. The highest BCUT2D eigenvalue weighted by Gasteiger charge is 2.63. The second-order valence-electron chi connectivity index (χ2n) is 31.9. The number of allylic oxidation sites excluding steroid dienone is 3. The maximum Gasteiger partial charge on any atom is 0.193 e. The molecule has 4 fully saturated rings. The first kappa shape index (κ1) is 71.8. The molecule has 0 spiro atoms. The molecule has 0 aromatic heterocycles. The summed E-state index contributed by atoms with van der Waals surface area (Å²) in [5.74, 6) is -0.223.